The molecule has 4 heteroatoms. The summed E-state index contributed by atoms with van der Waals surface area (Å²) in [4.78, 5) is 10.8. The maximum absolute atomic E-state index is 10.8. The fourth-order valence-corrected chi connectivity index (χ4v) is 0.613. The Bertz CT molecular complexity index is 162. The molecule has 0 radical (unpaired) electrons. The summed E-state index contributed by atoms with van der Waals surface area (Å²) in [6, 6.07) is 0. The number of rotatable bonds is 4. The van der Waals surface area contributed by atoms with E-state index in [1.54, 1.807) is 6.92 Å². The van der Waals surface area contributed by atoms with Crippen LogP contribution in [0.3, 0.4) is 0 Å². The highest BCUT2D eigenvalue weighted by atomic mass is 16.6. The van der Waals surface area contributed by atoms with Gasteiger partial charge in [-0.2, -0.15) is 0 Å². The molecule has 12 heavy (non-hydrogen) atoms. The van der Waals surface area contributed by atoms with Gasteiger partial charge in [-0.15, -0.1) is 0 Å². The molecule has 0 aliphatic heterocycles. The van der Waals surface area contributed by atoms with Crippen LogP contribution in [-0.2, 0) is 9.53 Å². The minimum atomic E-state index is -0.857. The largest absolute Gasteiger partial charge is 0.454 e. The summed E-state index contributed by atoms with van der Waals surface area (Å²) in [5.74, 6) is -0.558. The zero-order valence-electron chi connectivity index (χ0n) is 7.23. The molecule has 0 heterocycles. The molecule has 0 spiro atoms. The van der Waals surface area contributed by atoms with Gasteiger partial charge in [-0.25, -0.2) is 4.79 Å². The standard InChI is InChI=1S/C8H14O4/c1-3-4-8(11)12-7(5-9)6(2)10/h3-4,6-7,9-10H,5H2,1-2H3/b4-3-. The molecule has 2 atom stereocenters. The highest BCUT2D eigenvalue weighted by molar-refractivity contribution is 5.81. The Morgan fingerprint density at radius 2 is 2.25 bits per heavy atom. The van der Waals surface area contributed by atoms with E-state index in [1.165, 1.54) is 19.1 Å². The van der Waals surface area contributed by atoms with E-state index >= 15 is 0 Å². The van der Waals surface area contributed by atoms with Crippen LogP contribution in [0, 0.1) is 0 Å². The number of aliphatic hydroxyl groups is 2. The van der Waals surface area contributed by atoms with Gasteiger partial charge in [0.2, 0.25) is 0 Å². The van der Waals surface area contributed by atoms with Gasteiger partial charge in [-0.1, -0.05) is 6.08 Å². The summed E-state index contributed by atoms with van der Waals surface area (Å²) in [6.45, 7) is 2.75. The Balaban J connectivity index is 3.94. The smallest absolute Gasteiger partial charge is 0.330 e. The first kappa shape index (κ1) is 11.1. The van der Waals surface area contributed by atoms with Crippen LogP contribution in [0.5, 0.6) is 0 Å². The summed E-state index contributed by atoms with van der Waals surface area (Å²) in [5.41, 5.74) is 0. The van der Waals surface area contributed by atoms with Crippen LogP contribution in [0.15, 0.2) is 12.2 Å². The van der Waals surface area contributed by atoms with Crippen molar-refractivity contribution in [3.05, 3.63) is 12.2 Å². The van der Waals surface area contributed by atoms with Gasteiger partial charge in [0.05, 0.1) is 12.7 Å². The quantitative estimate of drug-likeness (QED) is 0.459. The van der Waals surface area contributed by atoms with Crippen molar-refractivity contribution in [1.82, 2.24) is 0 Å². The van der Waals surface area contributed by atoms with Crippen molar-refractivity contribution in [3.63, 3.8) is 0 Å². The predicted molar refractivity (Wildman–Crippen MR) is 43.5 cm³/mol. The third kappa shape index (κ3) is 4.10. The molecule has 0 aromatic carbocycles. The lowest BCUT2D eigenvalue weighted by Crippen LogP contribution is -2.31. The summed E-state index contributed by atoms with van der Waals surface area (Å²) < 4.78 is 4.68. The lowest BCUT2D eigenvalue weighted by Gasteiger charge is -2.16. The summed E-state index contributed by atoms with van der Waals surface area (Å²) in [6.07, 6.45) is 1.06. The molecule has 0 bridgehead atoms. The highest BCUT2D eigenvalue weighted by Crippen LogP contribution is 1.98. The van der Waals surface area contributed by atoms with Gasteiger partial charge in [0.1, 0.15) is 0 Å². The van der Waals surface area contributed by atoms with Crippen molar-refractivity contribution in [1.29, 1.82) is 0 Å². The SMILES string of the molecule is C/C=C\C(=O)OC(CO)C(C)O. The maximum atomic E-state index is 10.8. The number of ether oxygens (including phenoxy) is 1. The van der Waals surface area contributed by atoms with Crippen LogP contribution >= 0.6 is 0 Å². The molecule has 2 N–H and O–H groups in total. The molecule has 0 aromatic heterocycles. The third-order valence-corrected chi connectivity index (χ3v) is 1.29. The molecule has 0 saturated heterocycles. The zero-order valence-corrected chi connectivity index (χ0v) is 7.23. The first-order valence-electron chi connectivity index (χ1n) is 3.74. The number of hydrogen-bond acceptors (Lipinski definition) is 4. The van der Waals surface area contributed by atoms with E-state index in [2.05, 4.69) is 4.74 Å². The second-order valence-corrected chi connectivity index (χ2v) is 2.40. The van der Waals surface area contributed by atoms with Gasteiger partial charge in [0, 0.05) is 6.08 Å². The number of hydrogen-bond donors (Lipinski definition) is 2. The fraction of sp³-hybridized carbons (Fsp3) is 0.625. The first-order chi connectivity index (χ1) is 5.61. The van der Waals surface area contributed by atoms with Crippen molar-refractivity contribution in [2.75, 3.05) is 6.61 Å². The number of carbonyl (C=O) groups is 1. The second kappa shape index (κ2) is 5.74. The van der Waals surface area contributed by atoms with Crippen molar-refractivity contribution < 1.29 is 19.7 Å². The van der Waals surface area contributed by atoms with Gasteiger partial charge in [0.15, 0.2) is 6.10 Å². The van der Waals surface area contributed by atoms with E-state index in [4.69, 9.17) is 10.2 Å². The van der Waals surface area contributed by atoms with Crippen molar-refractivity contribution in [3.8, 4) is 0 Å². The van der Waals surface area contributed by atoms with E-state index in [0.717, 1.165) is 0 Å². The van der Waals surface area contributed by atoms with Gasteiger partial charge >= 0.3 is 5.97 Å². The van der Waals surface area contributed by atoms with E-state index in [9.17, 15) is 4.79 Å². The molecule has 70 valence electrons. The number of allylic oxidation sites excluding steroid dienone is 1. The Labute approximate surface area is 71.5 Å². The van der Waals surface area contributed by atoms with Gasteiger partial charge in [-0.3, -0.25) is 0 Å². The lowest BCUT2D eigenvalue weighted by molar-refractivity contribution is -0.151. The van der Waals surface area contributed by atoms with E-state index in [0.29, 0.717) is 0 Å². The minimum absolute atomic E-state index is 0.374. The number of carbonyl (C=O) groups excluding carboxylic acids is 1. The zero-order chi connectivity index (χ0) is 9.56. The average molecular weight is 174 g/mol. The molecule has 2 unspecified atom stereocenters. The van der Waals surface area contributed by atoms with E-state index in [-0.39, 0.29) is 6.61 Å². The lowest BCUT2D eigenvalue weighted by atomic mass is 10.2. The monoisotopic (exact) mass is 174 g/mol. The summed E-state index contributed by atoms with van der Waals surface area (Å²) >= 11 is 0. The van der Waals surface area contributed by atoms with Crippen LogP contribution in [0.4, 0.5) is 0 Å². The Morgan fingerprint density at radius 3 is 2.58 bits per heavy atom. The number of aliphatic hydroxyl groups excluding tert-OH is 2. The van der Waals surface area contributed by atoms with Crippen molar-refractivity contribution in [2.45, 2.75) is 26.1 Å². The maximum Gasteiger partial charge on any atom is 0.330 e. The molecule has 0 aromatic rings. The van der Waals surface area contributed by atoms with Crippen LogP contribution in [0.2, 0.25) is 0 Å². The summed E-state index contributed by atoms with van der Waals surface area (Å²) in [5, 5.41) is 17.6. The average Bonchev–Trinajstić information content (AvgIpc) is 2.00. The Morgan fingerprint density at radius 1 is 1.67 bits per heavy atom. The van der Waals surface area contributed by atoms with Crippen molar-refractivity contribution in [2.24, 2.45) is 0 Å². The van der Waals surface area contributed by atoms with Gasteiger partial charge < -0.3 is 14.9 Å². The van der Waals surface area contributed by atoms with Gasteiger partial charge in [0.25, 0.3) is 0 Å². The minimum Gasteiger partial charge on any atom is -0.454 e. The van der Waals surface area contributed by atoms with Crippen LogP contribution in [0.1, 0.15) is 13.8 Å². The van der Waals surface area contributed by atoms with Crippen LogP contribution in [0.25, 0.3) is 0 Å². The molecule has 0 saturated carbocycles. The molecule has 4 nitrogen and oxygen atoms in total. The normalized spacial score (nSPS) is 16.0. The van der Waals surface area contributed by atoms with Gasteiger partial charge in [-0.05, 0) is 13.8 Å². The first-order valence-corrected chi connectivity index (χ1v) is 3.74. The second-order valence-electron chi connectivity index (χ2n) is 2.40. The van der Waals surface area contributed by atoms with Crippen LogP contribution < -0.4 is 0 Å². The number of esters is 1. The molecule has 0 rings (SSSR count). The molecular formula is C8H14O4. The summed E-state index contributed by atoms with van der Waals surface area (Å²) in [7, 11) is 0. The molecule has 0 amide bonds. The Kier molecular flexibility index (Phi) is 5.32. The molecule has 0 aliphatic carbocycles. The van der Waals surface area contributed by atoms with Crippen LogP contribution in [-0.4, -0.2) is 35.0 Å². The van der Waals surface area contributed by atoms with E-state index in [1.807, 2.05) is 0 Å². The highest BCUT2D eigenvalue weighted by Gasteiger charge is 2.16. The Hall–Kier alpha value is -0.870. The topological polar surface area (TPSA) is 66.8 Å². The third-order valence-electron chi connectivity index (χ3n) is 1.29. The molecule has 0 aliphatic rings. The van der Waals surface area contributed by atoms with Crippen molar-refractivity contribution >= 4 is 5.97 Å². The van der Waals surface area contributed by atoms with E-state index < -0.39 is 18.2 Å². The molecular weight excluding hydrogens is 160 g/mol. The molecule has 0 fully saturated rings. The fourth-order valence-electron chi connectivity index (χ4n) is 0.613. The predicted octanol–water partition coefficient (Wildman–Crippen LogP) is -0.153.